The molecule has 1 rings (SSSR count). The maximum Gasteiger partial charge on any atom is 0.125 e. The van der Waals surface area contributed by atoms with E-state index in [2.05, 4.69) is 18.7 Å². The van der Waals surface area contributed by atoms with Crippen molar-refractivity contribution in [3.8, 4) is 0 Å². The molecule has 0 bridgehead atoms. The second-order valence-corrected chi connectivity index (χ2v) is 4.46. The predicted molar refractivity (Wildman–Crippen MR) is 67.1 cm³/mol. The van der Waals surface area contributed by atoms with Gasteiger partial charge in [-0.05, 0) is 37.1 Å². The molecule has 90 valence electrons. The highest BCUT2D eigenvalue weighted by Crippen LogP contribution is 2.17. The van der Waals surface area contributed by atoms with Crippen LogP contribution in [0.3, 0.4) is 0 Å². The summed E-state index contributed by atoms with van der Waals surface area (Å²) in [6.45, 7) is 6.81. The average Bonchev–Trinajstić information content (AvgIpc) is 2.23. The average molecular weight is 224 g/mol. The molecule has 0 heterocycles. The Hall–Kier alpha value is -1.09. The van der Waals surface area contributed by atoms with Crippen molar-refractivity contribution in [1.29, 1.82) is 0 Å². The van der Waals surface area contributed by atoms with E-state index in [1.54, 1.807) is 12.1 Å². The molecule has 0 radical (unpaired) electrons. The van der Waals surface area contributed by atoms with E-state index < -0.39 is 0 Å². The Morgan fingerprint density at radius 3 is 2.69 bits per heavy atom. The summed E-state index contributed by atoms with van der Waals surface area (Å²) in [5.74, 6) is 0.375. The number of hydrogen-bond donors (Lipinski definition) is 1. The number of hydrogen-bond acceptors (Lipinski definition) is 2. The minimum atomic E-state index is -0.181. The van der Waals surface area contributed by atoms with Crippen LogP contribution in [0.1, 0.15) is 20.3 Å². The minimum absolute atomic E-state index is 0.181. The quantitative estimate of drug-likeness (QED) is 0.805. The van der Waals surface area contributed by atoms with Crippen LogP contribution in [0.25, 0.3) is 0 Å². The first-order chi connectivity index (χ1) is 7.63. The van der Waals surface area contributed by atoms with Crippen LogP contribution in [0, 0.1) is 11.7 Å². The smallest absolute Gasteiger partial charge is 0.125 e. The van der Waals surface area contributed by atoms with E-state index in [9.17, 15) is 4.39 Å². The van der Waals surface area contributed by atoms with Crippen molar-refractivity contribution in [1.82, 2.24) is 0 Å². The van der Waals surface area contributed by atoms with Gasteiger partial charge in [0.05, 0.1) is 0 Å². The van der Waals surface area contributed by atoms with Gasteiger partial charge < -0.3 is 10.6 Å². The Balaban J connectivity index is 2.74. The van der Waals surface area contributed by atoms with Crippen molar-refractivity contribution < 1.29 is 4.39 Å². The molecule has 0 fully saturated rings. The van der Waals surface area contributed by atoms with Crippen LogP contribution in [0.4, 0.5) is 10.1 Å². The van der Waals surface area contributed by atoms with Gasteiger partial charge in [-0.1, -0.05) is 19.9 Å². The van der Waals surface area contributed by atoms with Gasteiger partial charge in [-0.2, -0.15) is 0 Å². The summed E-state index contributed by atoms with van der Waals surface area (Å²) >= 11 is 0. The number of nitrogens with two attached hydrogens (primary N) is 1. The highest BCUT2D eigenvalue weighted by Gasteiger charge is 2.08. The molecule has 0 aliphatic carbocycles. The summed E-state index contributed by atoms with van der Waals surface area (Å²) in [5.41, 5.74) is 6.46. The summed E-state index contributed by atoms with van der Waals surface area (Å²) in [5, 5.41) is 0. The zero-order chi connectivity index (χ0) is 12.0. The summed E-state index contributed by atoms with van der Waals surface area (Å²) in [6.07, 6.45) is 0.934. The molecule has 0 saturated heterocycles. The fraction of sp³-hybridized carbons (Fsp3) is 0.538. The van der Waals surface area contributed by atoms with Crippen molar-refractivity contribution in [2.45, 2.75) is 20.3 Å². The lowest BCUT2D eigenvalue weighted by atomic mass is 10.1. The Morgan fingerprint density at radius 2 is 2.12 bits per heavy atom. The van der Waals surface area contributed by atoms with E-state index in [0.29, 0.717) is 12.5 Å². The van der Waals surface area contributed by atoms with Crippen molar-refractivity contribution in [3.05, 3.63) is 30.1 Å². The lowest BCUT2D eigenvalue weighted by Crippen LogP contribution is -2.29. The zero-order valence-electron chi connectivity index (χ0n) is 10.1. The molecule has 3 heteroatoms. The van der Waals surface area contributed by atoms with E-state index in [1.807, 2.05) is 6.07 Å². The molecule has 0 aromatic heterocycles. The van der Waals surface area contributed by atoms with Gasteiger partial charge in [0, 0.05) is 18.8 Å². The summed E-state index contributed by atoms with van der Waals surface area (Å²) < 4.78 is 13.1. The SMILES string of the molecule is CC(C)CN(CCCN)c1cccc(F)c1. The van der Waals surface area contributed by atoms with Gasteiger partial charge in [0.1, 0.15) is 5.82 Å². The maximum atomic E-state index is 13.1. The molecule has 0 unspecified atom stereocenters. The van der Waals surface area contributed by atoms with Crippen LogP contribution in [0.2, 0.25) is 0 Å². The normalized spacial score (nSPS) is 10.8. The fourth-order valence-corrected chi connectivity index (χ4v) is 1.72. The first-order valence-electron chi connectivity index (χ1n) is 5.84. The number of halogens is 1. The highest BCUT2D eigenvalue weighted by atomic mass is 19.1. The van der Waals surface area contributed by atoms with E-state index in [-0.39, 0.29) is 5.82 Å². The summed E-state index contributed by atoms with van der Waals surface area (Å²) in [6, 6.07) is 6.75. The van der Waals surface area contributed by atoms with Gasteiger partial charge in [0.2, 0.25) is 0 Å². The van der Waals surface area contributed by atoms with Gasteiger partial charge in [-0.3, -0.25) is 0 Å². The third-order valence-corrected chi connectivity index (χ3v) is 2.39. The first kappa shape index (κ1) is 13.0. The largest absolute Gasteiger partial charge is 0.371 e. The number of anilines is 1. The maximum absolute atomic E-state index is 13.1. The molecule has 0 spiro atoms. The van der Waals surface area contributed by atoms with E-state index in [0.717, 1.165) is 25.2 Å². The third kappa shape index (κ3) is 4.19. The Kier molecular flexibility index (Phi) is 5.26. The molecule has 0 aliphatic heterocycles. The predicted octanol–water partition coefficient (Wildman–Crippen LogP) is 2.64. The van der Waals surface area contributed by atoms with Crippen molar-refractivity contribution in [3.63, 3.8) is 0 Å². The van der Waals surface area contributed by atoms with E-state index in [4.69, 9.17) is 5.73 Å². The van der Waals surface area contributed by atoms with Gasteiger partial charge in [-0.25, -0.2) is 4.39 Å². The van der Waals surface area contributed by atoms with E-state index in [1.165, 1.54) is 6.07 Å². The minimum Gasteiger partial charge on any atom is -0.371 e. The Morgan fingerprint density at radius 1 is 1.38 bits per heavy atom. The number of rotatable bonds is 6. The first-order valence-corrected chi connectivity index (χ1v) is 5.84. The van der Waals surface area contributed by atoms with Crippen LogP contribution >= 0.6 is 0 Å². The second kappa shape index (κ2) is 6.48. The molecule has 0 atom stereocenters. The van der Waals surface area contributed by atoms with Gasteiger partial charge in [0.25, 0.3) is 0 Å². The van der Waals surface area contributed by atoms with Crippen LogP contribution < -0.4 is 10.6 Å². The second-order valence-electron chi connectivity index (χ2n) is 4.46. The van der Waals surface area contributed by atoms with Gasteiger partial charge >= 0.3 is 0 Å². The standard InChI is InChI=1S/C13H21FN2/c1-11(2)10-16(8-4-7-15)13-6-3-5-12(14)9-13/h3,5-6,9,11H,4,7-8,10,15H2,1-2H3. The molecule has 16 heavy (non-hydrogen) atoms. The van der Waals surface area contributed by atoms with Crippen molar-refractivity contribution >= 4 is 5.69 Å². The van der Waals surface area contributed by atoms with Gasteiger partial charge in [0.15, 0.2) is 0 Å². The molecule has 2 N–H and O–H groups in total. The third-order valence-electron chi connectivity index (χ3n) is 2.39. The zero-order valence-corrected chi connectivity index (χ0v) is 10.1. The molecule has 0 aliphatic rings. The fourth-order valence-electron chi connectivity index (χ4n) is 1.72. The Labute approximate surface area is 97.3 Å². The number of benzene rings is 1. The van der Waals surface area contributed by atoms with Crippen LogP contribution in [-0.2, 0) is 0 Å². The summed E-state index contributed by atoms with van der Waals surface area (Å²) in [7, 11) is 0. The monoisotopic (exact) mass is 224 g/mol. The molecule has 1 aromatic rings. The van der Waals surface area contributed by atoms with Crippen molar-refractivity contribution in [2.24, 2.45) is 11.7 Å². The molecular weight excluding hydrogens is 203 g/mol. The molecule has 2 nitrogen and oxygen atoms in total. The lowest BCUT2D eigenvalue weighted by Gasteiger charge is -2.26. The van der Waals surface area contributed by atoms with Crippen molar-refractivity contribution in [2.75, 3.05) is 24.5 Å². The Bertz CT molecular complexity index is 313. The molecule has 0 saturated carbocycles. The van der Waals surface area contributed by atoms with Gasteiger partial charge in [-0.15, -0.1) is 0 Å². The molecular formula is C13H21FN2. The van der Waals surface area contributed by atoms with Crippen LogP contribution in [-0.4, -0.2) is 19.6 Å². The molecule has 0 amide bonds. The van der Waals surface area contributed by atoms with Crippen LogP contribution in [0.5, 0.6) is 0 Å². The lowest BCUT2D eigenvalue weighted by molar-refractivity contribution is 0.594. The topological polar surface area (TPSA) is 29.3 Å². The number of nitrogens with zero attached hydrogens (tertiary/aromatic N) is 1. The highest BCUT2D eigenvalue weighted by molar-refractivity contribution is 5.46. The van der Waals surface area contributed by atoms with Crippen LogP contribution in [0.15, 0.2) is 24.3 Å². The summed E-state index contributed by atoms with van der Waals surface area (Å²) in [4.78, 5) is 2.20. The van der Waals surface area contributed by atoms with E-state index >= 15 is 0 Å². The molecule has 1 aromatic carbocycles.